The summed E-state index contributed by atoms with van der Waals surface area (Å²) in [6.45, 7) is 2.97. The number of thiophene rings is 1. The maximum Gasteiger partial charge on any atom is 0.140 e. The van der Waals surface area contributed by atoms with E-state index in [1.807, 2.05) is 12.3 Å². The Morgan fingerprint density at radius 3 is 3.00 bits per heavy atom. The van der Waals surface area contributed by atoms with E-state index in [4.69, 9.17) is 5.73 Å². The third kappa shape index (κ3) is 3.05. The Morgan fingerprint density at radius 1 is 1.43 bits per heavy atom. The van der Waals surface area contributed by atoms with Crippen LogP contribution in [0.4, 0.5) is 0 Å². The molecule has 0 spiro atoms. The molecule has 110 valence electrons. The molecule has 3 heterocycles. The van der Waals surface area contributed by atoms with Crippen molar-refractivity contribution in [3.8, 4) is 0 Å². The van der Waals surface area contributed by atoms with Crippen molar-refractivity contribution < 1.29 is 0 Å². The standard InChI is InChI=1S/C16H18BrN3S/c1-2-12(18)8-11-9-20(10-15-14(17)5-7-21-15)16-13(11)4-3-6-19-16/h3-7,9,12H,2,8,10,18H2,1H3. The first kappa shape index (κ1) is 14.8. The maximum atomic E-state index is 6.13. The molecule has 0 bridgehead atoms. The summed E-state index contributed by atoms with van der Waals surface area (Å²) < 4.78 is 3.39. The Labute approximate surface area is 136 Å². The molecule has 0 aliphatic carbocycles. The second-order valence-corrected chi connectivity index (χ2v) is 7.08. The molecule has 21 heavy (non-hydrogen) atoms. The van der Waals surface area contributed by atoms with Crippen LogP contribution in [-0.4, -0.2) is 15.6 Å². The van der Waals surface area contributed by atoms with Crippen molar-refractivity contribution in [2.45, 2.75) is 32.4 Å². The smallest absolute Gasteiger partial charge is 0.140 e. The molecule has 0 aliphatic rings. The monoisotopic (exact) mass is 363 g/mol. The van der Waals surface area contributed by atoms with E-state index < -0.39 is 0 Å². The zero-order valence-electron chi connectivity index (χ0n) is 11.9. The molecule has 1 unspecified atom stereocenters. The number of nitrogens with zero attached hydrogens (tertiary/aromatic N) is 2. The molecule has 2 N–H and O–H groups in total. The van der Waals surface area contributed by atoms with Crippen LogP contribution in [0.1, 0.15) is 23.8 Å². The fraction of sp³-hybridized carbons (Fsp3) is 0.312. The lowest BCUT2D eigenvalue weighted by Gasteiger charge is -2.06. The zero-order valence-corrected chi connectivity index (χ0v) is 14.3. The molecular weight excluding hydrogens is 346 g/mol. The average Bonchev–Trinajstić information content (AvgIpc) is 3.05. The van der Waals surface area contributed by atoms with E-state index in [1.54, 1.807) is 11.3 Å². The van der Waals surface area contributed by atoms with Crippen LogP contribution in [0, 0.1) is 0 Å². The molecule has 0 radical (unpaired) electrons. The van der Waals surface area contributed by atoms with Crippen molar-refractivity contribution in [2.75, 3.05) is 0 Å². The van der Waals surface area contributed by atoms with Crippen LogP contribution in [-0.2, 0) is 13.0 Å². The lowest BCUT2D eigenvalue weighted by Crippen LogP contribution is -2.21. The van der Waals surface area contributed by atoms with Crippen molar-refractivity contribution in [3.63, 3.8) is 0 Å². The van der Waals surface area contributed by atoms with Gasteiger partial charge in [-0.3, -0.25) is 0 Å². The summed E-state index contributed by atoms with van der Waals surface area (Å²) in [7, 11) is 0. The molecule has 3 nitrogen and oxygen atoms in total. The van der Waals surface area contributed by atoms with E-state index in [1.165, 1.54) is 15.8 Å². The van der Waals surface area contributed by atoms with E-state index in [9.17, 15) is 0 Å². The second kappa shape index (κ2) is 6.30. The third-order valence-corrected chi connectivity index (χ3v) is 5.64. The molecule has 0 saturated carbocycles. The van der Waals surface area contributed by atoms with Crippen molar-refractivity contribution in [3.05, 3.63) is 50.9 Å². The van der Waals surface area contributed by atoms with Crippen LogP contribution in [0.15, 0.2) is 40.4 Å². The first-order chi connectivity index (χ1) is 10.2. The lowest BCUT2D eigenvalue weighted by atomic mass is 10.1. The Balaban J connectivity index is 2.00. The van der Waals surface area contributed by atoms with Crippen LogP contribution in [0.2, 0.25) is 0 Å². The molecule has 0 saturated heterocycles. The molecule has 3 aromatic rings. The molecule has 1 atom stereocenters. The minimum absolute atomic E-state index is 0.206. The van der Waals surface area contributed by atoms with Gasteiger partial charge in [-0.25, -0.2) is 4.98 Å². The number of hydrogen-bond acceptors (Lipinski definition) is 3. The number of aromatic nitrogens is 2. The number of fused-ring (bicyclic) bond motifs is 1. The quantitative estimate of drug-likeness (QED) is 0.738. The Bertz CT molecular complexity index is 747. The molecule has 3 rings (SSSR count). The number of rotatable bonds is 5. The molecule has 0 amide bonds. The van der Waals surface area contributed by atoms with Crippen molar-refractivity contribution in [2.24, 2.45) is 5.73 Å². The molecular formula is C16H18BrN3S. The minimum Gasteiger partial charge on any atom is -0.327 e. The normalized spacial score (nSPS) is 12.9. The van der Waals surface area contributed by atoms with Gasteiger partial charge in [0, 0.05) is 33.2 Å². The van der Waals surface area contributed by atoms with Gasteiger partial charge in [0.25, 0.3) is 0 Å². The minimum atomic E-state index is 0.206. The van der Waals surface area contributed by atoms with E-state index in [0.717, 1.165) is 29.5 Å². The molecule has 5 heteroatoms. The molecule has 0 aliphatic heterocycles. The van der Waals surface area contributed by atoms with Crippen molar-refractivity contribution in [1.82, 2.24) is 9.55 Å². The summed E-state index contributed by atoms with van der Waals surface area (Å²) >= 11 is 5.36. The first-order valence-corrected chi connectivity index (χ1v) is 8.76. The Kier molecular flexibility index (Phi) is 4.42. The van der Waals surface area contributed by atoms with Gasteiger partial charge in [-0.1, -0.05) is 6.92 Å². The predicted molar refractivity (Wildman–Crippen MR) is 92.8 cm³/mol. The highest BCUT2D eigenvalue weighted by atomic mass is 79.9. The highest BCUT2D eigenvalue weighted by Crippen LogP contribution is 2.27. The summed E-state index contributed by atoms with van der Waals surface area (Å²) in [6.07, 6.45) is 5.95. The highest BCUT2D eigenvalue weighted by molar-refractivity contribution is 9.10. The van der Waals surface area contributed by atoms with Gasteiger partial charge < -0.3 is 10.3 Å². The summed E-state index contributed by atoms with van der Waals surface area (Å²) in [5.74, 6) is 0. The van der Waals surface area contributed by atoms with Gasteiger partial charge in [0.1, 0.15) is 5.65 Å². The second-order valence-electron chi connectivity index (χ2n) is 5.22. The molecule has 0 aromatic carbocycles. The first-order valence-electron chi connectivity index (χ1n) is 7.09. The van der Waals surface area contributed by atoms with E-state index >= 15 is 0 Å². The van der Waals surface area contributed by atoms with E-state index in [2.05, 4.69) is 56.1 Å². The maximum absolute atomic E-state index is 6.13. The molecule has 0 fully saturated rings. The Hall–Kier alpha value is -1.17. The topological polar surface area (TPSA) is 43.8 Å². The third-order valence-electron chi connectivity index (χ3n) is 3.73. The lowest BCUT2D eigenvalue weighted by molar-refractivity contribution is 0.646. The van der Waals surface area contributed by atoms with E-state index in [-0.39, 0.29) is 6.04 Å². The summed E-state index contributed by atoms with van der Waals surface area (Å²) in [5.41, 5.74) is 8.46. The summed E-state index contributed by atoms with van der Waals surface area (Å²) in [5, 5.41) is 3.32. The number of pyridine rings is 1. The highest BCUT2D eigenvalue weighted by Gasteiger charge is 2.13. The van der Waals surface area contributed by atoms with Crippen LogP contribution >= 0.6 is 27.3 Å². The van der Waals surface area contributed by atoms with Gasteiger partial charge in [0.05, 0.1) is 6.54 Å². The molecule has 3 aromatic heterocycles. The fourth-order valence-corrected chi connectivity index (χ4v) is 3.97. The largest absolute Gasteiger partial charge is 0.327 e. The Morgan fingerprint density at radius 2 is 2.29 bits per heavy atom. The van der Waals surface area contributed by atoms with Crippen LogP contribution < -0.4 is 5.73 Å². The number of hydrogen-bond donors (Lipinski definition) is 1. The van der Waals surface area contributed by atoms with Gasteiger partial charge in [0.15, 0.2) is 0 Å². The van der Waals surface area contributed by atoms with Gasteiger partial charge >= 0.3 is 0 Å². The van der Waals surface area contributed by atoms with Crippen LogP contribution in [0.25, 0.3) is 11.0 Å². The summed E-state index contributed by atoms with van der Waals surface area (Å²) in [4.78, 5) is 5.87. The van der Waals surface area contributed by atoms with Crippen LogP contribution in [0.3, 0.4) is 0 Å². The van der Waals surface area contributed by atoms with Gasteiger partial charge in [-0.2, -0.15) is 0 Å². The predicted octanol–water partition coefficient (Wildman–Crippen LogP) is 4.19. The van der Waals surface area contributed by atoms with Crippen LogP contribution in [0.5, 0.6) is 0 Å². The zero-order chi connectivity index (χ0) is 14.8. The fourth-order valence-electron chi connectivity index (χ4n) is 2.50. The van der Waals surface area contributed by atoms with Gasteiger partial charge in [-0.15, -0.1) is 11.3 Å². The summed E-state index contributed by atoms with van der Waals surface area (Å²) in [6, 6.07) is 6.43. The van der Waals surface area contributed by atoms with E-state index in [0.29, 0.717) is 0 Å². The average molecular weight is 364 g/mol. The van der Waals surface area contributed by atoms with Gasteiger partial charge in [-0.05, 0) is 57.9 Å². The van der Waals surface area contributed by atoms with Crippen molar-refractivity contribution >= 4 is 38.3 Å². The SMILES string of the molecule is CCC(N)Cc1cn(Cc2sccc2Br)c2ncccc12. The number of halogens is 1. The van der Waals surface area contributed by atoms with Crippen molar-refractivity contribution in [1.29, 1.82) is 0 Å². The number of nitrogens with two attached hydrogens (primary N) is 1. The van der Waals surface area contributed by atoms with Gasteiger partial charge in [0.2, 0.25) is 0 Å².